The lowest BCUT2D eigenvalue weighted by atomic mass is 10.2. The predicted molar refractivity (Wildman–Crippen MR) is 85.5 cm³/mol. The maximum Gasteiger partial charge on any atom is 0.213 e. The number of allylic oxidation sites excluding steroid dienone is 3. The van der Waals surface area contributed by atoms with Crippen LogP contribution in [-0.2, 0) is 13.0 Å². The molecule has 0 bridgehead atoms. The Balaban J connectivity index is 1.95. The van der Waals surface area contributed by atoms with Crippen LogP contribution in [0.25, 0.3) is 0 Å². The number of aromatic amines is 1. The molecule has 0 spiro atoms. The van der Waals surface area contributed by atoms with Crippen molar-refractivity contribution in [2.45, 2.75) is 20.0 Å². The molecular weight excluding hydrogens is 262 g/mol. The number of nitrogens with zero attached hydrogens (tertiary/aromatic N) is 2. The number of ether oxygens (including phenoxy) is 1. The van der Waals surface area contributed by atoms with E-state index < -0.39 is 0 Å². The van der Waals surface area contributed by atoms with E-state index in [-0.39, 0.29) is 0 Å². The van der Waals surface area contributed by atoms with Crippen molar-refractivity contribution in [3.8, 4) is 5.88 Å². The zero-order valence-electron chi connectivity index (χ0n) is 12.1. The van der Waals surface area contributed by atoms with Crippen LogP contribution in [0, 0.1) is 0 Å². The summed E-state index contributed by atoms with van der Waals surface area (Å²) >= 11 is 0. The quantitative estimate of drug-likeness (QED) is 0.787. The molecule has 0 amide bonds. The van der Waals surface area contributed by atoms with Crippen molar-refractivity contribution in [2.24, 2.45) is 4.99 Å². The first-order valence-corrected chi connectivity index (χ1v) is 6.80. The lowest BCUT2D eigenvalue weighted by Gasteiger charge is -2.05. The molecule has 0 radical (unpaired) electrons. The summed E-state index contributed by atoms with van der Waals surface area (Å²) in [7, 11) is 0. The summed E-state index contributed by atoms with van der Waals surface area (Å²) in [5.41, 5.74) is 3.07. The smallest absolute Gasteiger partial charge is 0.213 e. The first-order valence-electron chi connectivity index (χ1n) is 6.80. The third-order valence-corrected chi connectivity index (χ3v) is 2.91. The normalized spacial score (nSPS) is 11.8. The highest BCUT2D eigenvalue weighted by Crippen LogP contribution is 2.17. The topological polar surface area (TPSA) is 50.3 Å². The molecule has 2 aromatic rings. The molecule has 0 aliphatic heterocycles. The molecule has 0 saturated heterocycles. The van der Waals surface area contributed by atoms with Crippen molar-refractivity contribution in [2.75, 3.05) is 0 Å². The minimum Gasteiger partial charge on any atom is -0.473 e. The van der Waals surface area contributed by atoms with Gasteiger partial charge in [-0.2, -0.15) is 5.10 Å². The average Bonchev–Trinajstić information content (AvgIpc) is 2.97. The highest BCUT2D eigenvalue weighted by atomic mass is 16.5. The van der Waals surface area contributed by atoms with Crippen molar-refractivity contribution in [3.05, 3.63) is 72.1 Å². The minimum absolute atomic E-state index is 0.521. The molecule has 0 fully saturated rings. The summed E-state index contributed by atoms with van der Waals surface area (Å²) in [6.45, 7) is 6.07. The SMILES string of the molecule is C=CC=N/C(C)=C\Cc1cn[nH]c1OCc1ccccc1. The molecule has 0 saturated carbocycles. The molecule has 0 aliphatic rings. The lowest BCUT2D eigenvalue weighted by Crippen LogP contribution is -1.97. The summed E-state index contributed by atoms with van der Waals surface area (Å²) in [5, 5.41) is 6.93. The zero-order valence-corrected chi connectivity index (χ0v) is 12.1. The van der Waals surface area contributed by atoms with Gasteiger partial charge in [0.15, 0.2) is 0 Å². The molecule has 0 unspecified atom stereocenters. The fraction of sp³-hybridized carbons (Fsp3) is 0.176. The van der Waals surface area contributed by atoms with E-state index in [2.05, 4.69) is 21.8 Å². The van der Waals surface area contributed by atoms with E-state index in [4.69, 9.17) is 4.74 Å². The molecule has 1 aromatic heterocycles. The van der Waals surface area contributed by atoms with Gasteiger partial charge in [0.1, 0.15) is 6.61 Å². The van der Waals surface area contributed by atoms with Gasteiger partial charge in [0.2, 0.25) is 5.88 Å². The highest BCUT2D eigenvalue weighted by Gasteiger charge is 2.05. The van der Waals surface area contributed by atoms with Gasteiger partial charge < -0.3 is 4.74 Å². The maximum atomic E-state index is 5.77. The van der Waals surface area contributed by atoms with E-state index in [1.807, 2.05) is 43.3 Å². The molecular formula is C17H19N3O. The molecule has 1 heterocycles. The average molecular weight is 281 g/mol. The summed E-state index contributed by atoms with van der Waals surface area (Å²) in [5.74, 6) is 0.704. The monoisotopic (exact) mass is 281 g/mol. The fourth-order valence-electron chi connectivity index (χ4n) is 1.78. The van der Waals surface area contributed by atoms with E-state index in [0.29, 0.717) is 12.5 Å². The Morgan fingerprint density at radius 3 is 2.95 bits per heavy atom. The van der Waals surface area contributed by atoms with E-state index in [9.17, 15) is 0 Å². The third-order valence-electron chi connectivity index (χ3n) is 2.91. The second-order valence-electron chi connectivity index (χ2n) is 4.56. The third kappa shape index (κ3) is 4.76. The van der Waals surface area contributed by atoms with Crippen LogP contribution in [0.3, 0.4) is 0 Å². The number of nitrogens with one attached hydrogen (secondary N) is 1. The van der Waals surface area contributed by atoms with E-state index in [0.717, 1.165) is 23.2 Å². The molecule has 0 atom stereocenters. The number of benzene rings is 1. The van der Waals surface area contributed by atoms with Gasteiger partial charge in [-0.25, -0.2) is 5.10 Å². The number of aromatic nitrogens is 2. The molecule has 2 rings (SSSR count). The maximum absolute atomic E-state index is 5.77. The Hall–Kier alpha value is -2.62. The number of H-pyrrole nitrogens is 1. The Labute approximate surface area is 124 Å². The molecule has 108 valence electrons. The van der Waals surface area contributed by atoms with Crippen LogP contribution in [0.15, 0.2) is 65.9 Å². The molecule has 4 heteroatoms. The van der Waals surface area contributed by atoms with E-state index in [1.165, 1.54) is 0 Å². The Bertz CT molecular complexity index is 626. The van der Waals surface area contributed by atoms with Crippen LogP contribution in [0.2, 0.25) is 0 Å². The van der Waals surface area contributed by atoms with Crippen molar-refractivity contribution in [1.82, 2.24) is 10.2 Å². The van der Waals surface area contributed by atoms with Crippen molar-refractivity contribution in [1.29, 1.82) is 0 Å². The number of hydrogen-bond donors (Lipinski definition) is 1. The molecule has 1 aromatic carbocycles. The van der Waals surface area contributed by atoms with E-state index in [1.54, 1.807) is 18.5 Å². The van der Waals surface area contributed by atoms with Gasteiger partial charge in [-0.1, -0.05) is 49.1 Å². The standard InChI is InChI=1S/C17H19N3O/c1-3-11-18-14(2)9-10-16-12-19-20-17(16)21-13-15-7-5-4-6-8-15/h3-9,11-12H,1,10,13H2,2H3,(H,19,20)/b14-9-,18-11?. The Morgan fingerprint density at radius 1 is 1.38 bits per heavy atom. The lowest BCUT2D eigenvalue weighted by molar-refractivity contribution is 0.291. The second kappa shape index (κ2) is 7.85. The largest absolute Gasteiger partial charge is 0.473 e. The number of rotatable bonds is 7. The highest BCUT2D eigenvalue weighted by molar-refractivity contribution is 5.71. The minimum atomic E-state index is 0.521. The van der Waals surface area contributed by atoms with Crippen LogP contribution in [0.1, 0.15) is 18.1 Å². The summed E-state index contributed by atoms with van der Waals surface area (Å²) in [4.78, 5) is 4.21. The molecule has 21 heavy (non-hydrogen) atoms. The number of hydrogen-bond acceptors (Lipinski definition) is 3. The van der Waals surface area contributed by atoms with Gasteiger partial charge in [-0.3, -0.25) is 4.99 Å². The second-order valence-corrected chi connectivity index (χ2v) is 4.56. The van der Waals surface area contributed by atoms with Crippen LogP contribution >= 0.6 is 0 Å². The van der Waals surface area contributed by atoms with E-state index >= 15 is 0 Å². The van der Waals surface area contributed by atoms with Gasteiger partial charge in [-0.05, 0) is 18.9 Å². The van der Waals surface area contributed by atoms with Crippen molar-refractivity contribution in [3.63, 3.8) is 0 Å². The Morgan fingerprint density at radius 2 is 2.19 bits per heavy atom. The van der Waals surface area contributed by atoms with Gasteiger partial charge in [0.25, 0.3) is 0 Å². The van der Waals surface area contributed by atoms with Crippen molar-refractivity contribution >= 4 is 6.21 Å². The number of aliphatic imine (C=N–C) groups is 1. The predicted octanol–water partition coefficient (Wildman–Crippen LogP) is 3.69. The van der Waals surface area contributed by atoms with Gasteiger partial charge in [-0.15, -0.1) is 0 Å². The van der Waals surface area contributed by atoms with Gasteiger partial charge >= 0.3 is 0 Å². The first kappa shape index (κ1) is 14.8. The molecule has 4 nitrogen and oxygen atoms in total. The Kier molecular flexibility index (Phi) is 5.52. The van der Waals surface area contributed by atoms with Crippen LogP contribution in [0.4, 0.5) is 0 Å². The van der Waals surface area contributed by atoms with Crippen LogP contribution in [-0.4, -0.2) is 16.4 Å². The zero-order chi connectivity index (χ0) is 14.9. The fourth-order valence-corrected chi connectivity index (χ4v) is 1.78. The molecule has 1 N–H and O–H groups in total. The van der Waals surface area contributed by atoms with Crippen molar-refractivity contribution < 1.29 is 4.74 Å². The van der Waals surface area contributed by atoms with Crippen LogP contribution < -0.4 is 4.74 Å². The summed E-state index contributed by atoms with van der Waals surface area (Å²) in [6.07, 6.45) is 7.86. The summed E-state index contributed by atoms with van der Waals surface area (Å²) < 4.78 is 5.77. The molecule has 0 aliphatic carbocycles. The first-order chi connectivity index (χ1) is 10.3. The summed E-state index contributed by atoms with van der Waals surface area (Å²) in [6, 6.07) is 10.0. The van der Waals surface area contributed by atoms with Gasteiger partial charge in [0, 0.05) is 17.5 Å². The van der Waals surface area contributed by atoms with Crippen LogP contribution in [0.5, 0.6) is 5.88 Å². The van der Waals surface area contributed by atoms with Gasteiger partial charge in [0.05, 0.1) is 6.20 Å².